The minimum absolute atomic E-state index is 0.219. The highest BCUT2D eigenvalue weighted by molar-refractivity contribution is 7.92. The van der Waals surface area contributed by atoms with E-state index in [1.165, 1.54) is 29.0 Å². The molecule has 0 radical (unpaired) electrons. The van der Waals surface area contributed by atoms with Gasteiger partial charge in [-0.15, -0.1) is 6.58 Å². The summed E-state index contributed by atoms with van der Waals surface area (Å²) in [6.45, 7) is 13.0. The second-order valence-electron chi connectivity index (χ2n) is 12.5. The average molecular weight is 633 g/mol. The summed E-state index contributed by atoms with van der Waals surface area (Å²) in [5.74, 6) is 1.35. The van der Waals surface area contributed by atoms with Crippen LogP contribution in [-0.2, 0) is 21.0 Å². The maximum atomic E-state index is 13.3. The number of hydrogen-bond donors (Lipinski definition) is 1. The third-order valence-corrected chi connectivity index (χ3v) is 7.97. The number of pyridine rings is 1. The first-order valence-electron chi connectivity index (χ1n) is 14.8. The molecule has 12 nitrogen and oxygen atoms in total. The number of hydrogen-bond acceptors (Lipinski definition) is 9. The topological polar surface area (TPSA) is 137 Å². The van der Waals surface area contributed by atoms with Crippen LogP contribution >= 0.6 is 0 Å². The summed E-state index contributed by atoms with van der Waals surface area (Å²) in [7, 11) is -2.44. The summed E-state index contributed by atoms with van der Waals surface area (Å²) >= 11 is 0. The fourth-order valence-electron chi connectivity index (χ4n) is 5.45. The number of piperidine rings is 1. The van der Waals surface area contributed by atoms with Gasteiger partial charge in [-0.2, -0.15) is 9.35 Å². The number of carbonyl (C=O) groups excluding carboxylic acids is 1. The third-order valence-electron chi connectivity index (χ3n) is 7.34. The van der Waals surface area contributed by atoms with Gasteiger partial charge >= 0.3 is 6.09 Å². The number of nitrogens with zero attached hydrogens (tertiary/aromatic N) is 7. The lowest BCUT2D eigenvalue weighted by molar-refractivity contribution is 0.0204. The van der Waals surface area contributed by atoms with Crippen LogP contribution in [0.4, 0.5) is 22.2 Å². The van der Waals surface area contributed by atoms with Crippen molar-refractivity contribution in [3.05, 3.63) is 76.7 Å². The van der Waals surface area contributed by atoms with Crippen molar-refractivity contribution in [2.45, 2.75) is 58.6 Å². The first kappa shape index (κ1) is 31.9. The standard InChI is InChI=1S/C32H40N8O4S/c1-8-16-39-29(41)25-20-33-30(36-28(25)40(39)27-11-9-10-26(35-27)37-45(6,7)43)34-23-12-13-24(21(2)19-23)22-14-17-38(18-15-22)31(42)44-32(3,4)5/h8-13,19-20,22H,1,14-18H2,2-7H3,(H,33,34,36). The second-order valence-corrected chi connectivity index (χ2v) is 15.0. The van der Waals surface area contributed by atoms with Crippen LogP contribution in [0.1, 0.15) is 50.7 Å². The number of aromatic nitrogens is 5. The lowest BCUT2D eigenvalue weighted by Gasteiger charge is -2.34. The van der Waals surface area contributed by atoms with Crippen LogP contribution in [0.2, 0.25) is 0 Å². The summed E-state index contributed by atoms with van der Waals surface area (Å²) in [5.41, 5.74) is 2.75. The Morgan fingerprint density at radius 2 is 1.91 bits per heavy atom. The highest BCUT2D eigenvalue weighted by Crippen LogP contribution is 2.32. The third kappa shape index (κ3) is 7.42. The fourth-order valence-corrected chi connectivity index (χ4v) is 6.01. The van der Waals surface area contributed by atoms with Crippen LogP contribution < -0.4 is 10.9 Å². The molecule has 0 bridgehead atoms. The monoisotopic (exact) mass is 632 g/mol. The van der Waals surface area contributed by atoms with Crippen LogP contribution in [0.25, 0.3) is 16.9 Å². The summed E-state index contributed by atoms with van der Waals surface area (Å²) in [4.78, 5) is 41.3. The van der Waals surface area contributed by atoms with Crippen molar-refractivity contribution in [1.82, 2.24) is 29.2 Å². The molecule has 1 saturated heterocycles. The number of fused-ring (bicyclic) bond motifs is 1. The molecule has 0 spiro atoms. The van der Waals surface area contributed by atoms with E-state index in [4.69, 9.17) is 9.72 Å². The molecule has 1 N–H and O–H groups in total. The van der Waals surface area contributed by atoms with Crippen molar-refractivity contribution >= 4 is 44.3 Å². The van der Waals surface area contributed by atoms with E-state index in [-0.39, 0.29) is 18.2 Å². The number of allylic oxidation sites excluding steroid dienone is 1. The molecule has 0 atom stereocenters. The van der Waals surface area contributed by atoms with Crippen LogP contribution in [-0.4, -0.2) is 70.7 Å². The largest absolute Gasteiger partial charge is 0.444 e. The Morgan fingerprint density at radius 3 is 2.56 bits per heavy atom. The van der Waals surface area contributed by atoms with Crippen molar-refractivity contribution in [2.24, 2.45) is 4.36 Å². The molecule has 4 heterocycles. The van der Waals surface area contributed by atoms with Gasteiger partial charge in [0.15, 0.2) is 17.3 Å². The molecule has 1 amide bonds. The molecule has 0 saturated carbocycles. The number of aryl methyl sites for hydroxylation is 1. The molecule has 1 aliphatic heterocycles. The van der Waals surface area contributed by atoms with E-state index in [0.29, 0.717) is 47.6 Å². The normalized spacial score (nSPS) is 14.4. The Labute approximate surface area is 263 Å². The van der Waals surface area contributed by atoms with Gasteiger partial charge < -0.3 is 15.0 Å². The number of anilines is 2. The Balaban J connectivity index is 1.40. The molecule has 1 fully saturated rings. The predicted octanol–water partition coefficient (Wildman–Crippen LogP) is 5.69. The number of amides is 1. The van der Waals surface area contributed by atoms with E-state index in [1.807, 2.05) is 26.8 Å². The van der Waals surface area contributed by atoms with Crippen molar-refractivity contribution in [1.29, 1.82) is 0 Å². The van der Waals surface area contributed by atoms with Gasteiger partial charge in [0.1, 0.15) is 11.0 Å². The number of likely N-dealkylation sites (tertiary alicyclic amines) is 1. The van der Waals surface area contributed by atoms with Crippen molar-refractivity contribution in [3.8, 4) is 5.82 Å². The molecule has 0 unspecified atom stereocenters. The highest BCUT2D eigenvalue weighted by Gasteiger charge is 2.28. The van der Waals surface area contributed by atoms with Crippen molar-refractivity contribution in [3.63, 3.8) is 0 Å². The van der Waals surface area contributed by atoms with Gasteiger partial charge in [-0.1, -0.05) is 18.2 Å². The van der Waals surface area contributed by atoms with Gasteiger partial charge in [-0.3, -0.25) is 4.79 Å². The smallest absolute Gasteiger partial charge is 0.410 e. The number of ether oxygens (including phenoxy) is 1. The van der Waals surface area contributed by atoms with E-state index in [9.17, 15) is 13.8 Å². The predicted molar refractivity (Wildman–Crippen MR) is 177 cm³/mol. The first-order valence-corrected chi connectivity index (χ1v) is 17.1. The number of benzene rings is 1. The van der Waals surface area contributed by atoms with Crippen LogP contribution in [0.3, 0.4) is 0 Å². The number of nitrogens with one attached hydrogen (secondary N) is 1. The molecule has 13 heteroatoms. The first-order chi connectivity index (χ1) is 21.2. The van der Waals surface area contributed by atoms with Crippen LogP contribution in [0.15, 0.2) is 64.4 Å². The zero-order chi connectivity index (χ0) is 32.5. The molecule has 45 heavy (non-hydrogen) atoms. The molecular formula is C32H40N8O4S. The quantitative estimate of drug-likeness (QED) is 0.257. The van der Waals surface area contributed by atoms with Gasteiger partial charge in [0.05, 0.1) is 6.54 Å². The minimum Gasteiger partial charge on any atom is -0.444 e. The van der Waals surface area contributed by atoms with Gasteiger partial charge in [0.25, 0.3) is 5.56 Å². The maximum absolute atomic E-state index is 13.3. The zero-order valence-electron chi connectivity index (χ0n) is 26.6. The molecule has 238 valence electrons. The maximum Gasteiger partial charge on any atom is 0.410 e. The second kappa shape index (κ2) is 12.5. The van der Waals surface area contributed by atoms with Gasteiger partial charge in [-0.05, 0) is 81.8 Å². The lowest BCUT2D eigenvalue weighted by atomic mass is 9.87. The summed E-state index contributed by atoms with van der Waals surface area (Å²) in [6, 6.07) is 11.3. The summed E-state index contributed by atoms with van der Waals surface area (Å²) < 4.78 is 25.1. The molecule has 1 aliphatic rings. The molecule has 4 aromatic rings. The van der Waals surface area contributed by atoms with E-state index in [0.717, 1.165) is 24.1 Å². The van der Waals surface area contributed by atoms with Crippen molar-refractivity contribution in [2.75, 3.05) is 30.9 Å². The Bertz CT molecular complexity index is 1930. The molecular weight excluding hydrogens is 592 g/mol. The minimum atomic E-state index is -2.44. The SMILES string of the molecule is C=CCn1c(=O)c2cnc(Nc3ccc(C4CCN(C(=O)OC(C)(C)C)CC4)c(C)c3)nc2n1-c1cccc(N=S(C)(C)=O)n1. The summed E-state index contributed by atoms with van der Waals surface area (Å²) in [5, 5.41) is 3.60. The molecule has 1 aromatic carbocycles. The van der Waals surface area contributed by atoms with Gasteiger partial charge in [0, 0.05) is 47.2 Å². The van der Waals surface area contributed by atoms with E-state index in [2.05, 4.69) is 45.3 Å². The van der Waals surface area contributed by atoms with Crippen molar-refractivity contribution < 1.29 is 13.7 Å². The van der Waals surface area contributed by atoms with E-state index in [1.54, 1.807) is 33.9 Å². The highest BCUT2D eigenvalue weighted by atomic mass is 32.2. The van der Waals surface area contributed by atoms with Gasteiger partial charge in [-0.25, -0.2) is 28.3 Å². The number of rotatable bonds is 7. The Hall–Kier alpha value is -4.52. The van der Waals surface area contributed by atoms with Crippen LogP contribution in [0.5, 0.6) is 0 Å². The zero-order valence-corrected chi connectivity index (χ0v) is 27.4. The summed E-state index contributed by atoms with van der Waals surface area (Å²) in [6.07, 6.45) is 7.66. The fraction of sp³-hybridized carbons (Fsp3) is 0.406. The van der Waals surface area contributed by atoms with E-state index >= 15 is 0 Å². The Kier molecular flexibility index (Phi) is 8.83. The van der Waals surface area contributed by atoms with E-state index < -0.39 is 15.3 Å². The number of carbonyl (C=O) groups is 1. The lowest BCUT2D eigenvalue weighted by Crippen LogP contribution is -2.41. The average Bonchev–Trinajstić information content (AvgIpc) is 3.22. The van der Waals surface area contributed by atoms with Gasteiger partial charge in [0.2, 0.25) is 5.95 Å². The van der Waals surface area contributed by atoms with Crippen LogP contribution in [0, 0.1) is 6.92 Å². The molecule has 5 rings (SSSR count). The molecule has 0 aliphatic carbocycles. The molecule has 3 aromatic heterocycles. The Morgan fingerprint density at radius 1 is 1.18 bits per heavy atom.